The van der Waals surface area contributed by atoms with E-state index in [2.05, 4.69) is 15.5 Å². The van der Waals surface area contributed by atoms with Crippen LogP contribution in [0.3, 0.4) is 0 Å². The molecule has 0 saturated carbocycles. The fraction of sp³-hybridized carbons (Fsp3) is 0.304. The van der Waals surface area contributed by atoms with E-state index in [0.29, 0.717) is 22.9 Å². The lowest BCUT2D eigenvalue weighted by atomic mass is 9.96. The van der Waals surface area contributed by atoms with Crippen molar-refractivity contribution in [2.24, 2.45) is 0 Å². The van der Waals surface area contributed by atoms with Gasteiger partial charge in [-0.3, -0.25) is 14.5 Å². The van der Waals surface area contributed by atoms with Gasteiger partial charge in [0, 0.05) is 0 Å². The van der Waals surface area contributed by atoms with Crippen LogP contribution in [0.5, 0.6) is 11.5 Å². The molecule has 0 saturated heterocycles. The average molecular weight is 467 g/mol. The smallest absolute Gasteiger partial charge is 0.277 e. The molecule has 3 heterocycles. The van der Waals surface area contributed by atoms with E-state index in [1.165, 1.54) is 4.90 Å². The van der Waals surface area contributed by atoms with Crippen LogP contribution in [0.25, 0.3) is 0 Å². The van der Waals surface area contributed by atoms with Crippen molar-refractivity contribution >= 4 is 35.0 Å². The lowest BCUT2D eigenvalue weighted by Crippen LogP contribution is -2.60. The first-order valence-electron chi connectivity index (χ1n) is 10.5. The number of carbonyl (C=O) groups excluding carboxylic acids is 2. The number of rotatable bonds is 4. The molecule has 5 rings (SSSR count). The van der Waals surface area contributed by atoms with Crippen LogP contribution in [0.4, 0.5) is 11.4 Å². The molecule has 0 bridgehead atoms. The molecule has 9 nitrogen and oxygen atoms in total. The molecule has 3 aromatic rings. The summed E-state index contributed by atoms with van der Waals surface area (Å²) in [5.41, 5.74) is 0.195. The molecule has 0 radical (unpaired) electrons. The first-order chi connectivity index (χ1) is 15.8. The zero-order valence-corrected chi connectivity index (χ0v) is 19.1. The Labute approximate surface area is 194 Å². The van der Waals surface area contributed by atoms with Crippen molar-refractivity contribution in [2.45, 2.75) is 42.9 Å². The van der Waals surface area contributed by atoms with Crippen LogP contribution >= 0.6 is 11.8 Å². The second-order valence-electron chi connectivity index (χ2n) is 8.23. The van der Waals surface area contributed by atoms with Crippen molar-refractivity contribution in [1.82, 2.24) is 10.2 Å². The number of thioether (sulfide) groups is 1. The van der Waals surface area contributed by atoms with E-state index >= 15 is 0 Å². The topological polar surface area (TPSA) is 107 Å². The summed E-state index contributed by atoms with van der Waals surface area (Å²) in [7, 11) is 0. The number of ether oxygens (including phenoxy) is 2. The molecule has 170 valence electrons. The lowest BCUT2D eigenvalue weighted by Gasteiger charge is -2.42. The minimum absolute atomic E-state index is 0.237. The largest absolute Gasteiger partial charge is 0.485 e. The molecule has 0 fully saturated rings. The Morgan fingerprint density at radius 2 is 1.88 bits per heavy atom. The van der Waals surface area contributed by atoms with Crippen molar-refractivity contribution in [3.05, 3.63) is 54.4 Å². The van der Waals surface area contributed by atoms with Gasteiger partial charge in [-0.1, -0.05) is 36.0 Å². The monoisotopic (exact) mass is 466 g/mol. The van der Waals surface area contributed by atoms with Gasteiger partial charge in [-0.25, -0.2) is 0 Å². The van der Waals surface area contributed by atoms with Crippen LogP contribution in [-0.4, -0.2) is 39.4 Å². The lowest BCUT2D eigenvalue weighted by molar-refractivity contribution is -0.126. The number of amides is 2. The highest BCUT2D eigenvalue weighted by atomic mass is 32.2. The Kier molecular flexibility index (Phi) is 5.24. The van der Waals surface area contributed by atoms with E-state index in [1.807, 2.05) is 42.5 Å². The van der Waals surface area contributed by atoms with Gasteiger partial charge in [-0.2, -0.15) is 0 Å². The molecule has 10 heteroatoms. The van der Waals surface area contributed by atoms with Crippen LogP contribution < -0.4 is 19.7 Å². The molecule has 2 atom stereocenters. The highest BCUT2D eigenvalue weighted by Gasteiger charge is 2.45. The summed E-state index contributed by atoms with van der Waals surface area (Å²) in [4.78, 5) is 27.7. The SMILES string of the molecule is C[C@H](Sc1nnc([C@@H]2COc3ccccc3O2)o1)C(=O)N1c2ccccc2NC(=O)C1(C)C. The van der Waals surface area contributed by atoms with Gasteiger partial charge in [0.2, 0.25) is 17.9 Å². The first-order valence-corrected chi connectivity index (χ1v) is 11.4. The van der Waals surface area contributed by atoms with Crippen molar-refractivity contribution in [3.8, 4) is 11.5 Å². The number of nitrogens with zero attached hydrogens (tertiary/aromatic N) is 3. The zero-order chi connectivity index (χ0) is 23.2. The van der Waals surface area contributed by atoms with Crippen molar-refractivity contribution in [2.75, 3.05) is 16.8 Å². The van der Waals surface area contributed by atoms with E-state index in [-0.39, 0.29) is 29.5 Å². The Morgan fingerprint density at radius 1 is 1.15 bits per heavy atom. The summed E-state index contributed by atoms with van der Waals surface area (Å²) < 4.78 is 17.4. The van der Waals surface area contributed by atoms with Crippen LogP contribution in [0.1, 0.15) is 32.8 Å². The fourth-order valence-electron chi connectivity index (χ4n) is 3.77. The average Bonchev–Trinajstić information content (AvgIpc) is 3.27. The number of hydrogen-bond acceptors (Lipinski definition) is 8. The van der Waals surface area contributed by atoms with Gasteiger partial charge in [-0.15, -0.1) is 10.2 Å². The zero-order valence-electron chi connectivity index (χ0n) is 18.3. The minimum atomic E-state index is -1.05. The van der Waals surface area contributed by atoms with Crippen molar-refractivity contribution in [3.63, 3.8) is 0 Å². The van der Waals surface area contributed by atoms with Gasteiger partial charge in [0.05, 0.1) is 16.6 Å². The number of nitrogens with one attached hydrogen (secondary N) is 1. The highest BCUT2D eigenvalue weighted by molar-refractivity contribution is 8.00. The molecule has 1 N–H and O–H groups in total. The number of carbonyl (C=O) groups is 2. The second-order valence-corrected chi connectivity index (χ2v) is 9.53. The van der Waals surface area contributed by atoms with Crippen LogP contribution in [0.2, 0.25) is 0 Å². The van der Waals surface area contributed by atoms with Gasteiger partial charge < -0.3 is 19.2 Å². The fourth-order valence-corrected chi connectivity index (χ4v) is 4.50. The maximum absolute atomic E-state index is 13.5. The maximum atomic E-state index is 13.5. The summed E-state index contributed by atoms with van der Waals surface area (Å²) in [6.07, 6.45) is -0.538. The third kappa shape index (κ3) is 3.80. The molecule has 2 amide bonds. The molecule has 2 aromatic carbocycles. The third-order valence-electron chi connectivity index (χ3n) is 5.56. The number of fused-ring (bicyclic) bond motifs is 2. The molecule has 0 aliphatic carbocycles. The van der Waals surface area contributed by atoms with E-state index in [9.17, 15) is 9.59 Å². The predicted octanol–water partition coefficient (Wildman–Crippen LogP) is 3.83. The Hall–Kier alpha value is -3.53. The summed E-state index contributed by atoms with van der Waals surface area (Å²) in [5, 5.41) is 10.7. The number of para-hydroxylation sites is 4. The van der Waals surface area contributed by atoms with Gasteiger partial charge in [-0.05, 0) is 45.0 Å². The Balaban J connectivity index is 1.33. The molecule has 0 spiro atoms. The summed E-state index contributed by atoms with van der Waals surface area (Å²) >= 11 is 1.13. The van der Waals surface area contributed by atoms with Crippen molar-refractivity contribution in [1.29, 1.82) is 0 Å². The van der Waals surface area contributed by atoms with Crippen LogP contribution in [0.15, 0.2) is 58.2 Å². The van der Waals surface area contributed by atoms with E-state index in [0.717, 1.165) is 11.8 Å². The van der Waals surface area contributed by atoms with Crippen LogP contribution in [-0.2, 0) is 9.59 Å². The number of hydrogen-bond donors (Lipinski definition) is 1. The van der Waals surface area contributed by atoms with Crippen molar-refractivity contribution < 1.29 is 23.5 Å². The molecule has 2 aliphatic rings. The highest BCUT2D eigenvalue weighted by Crippen LogP contribution is 2.39. The van der Waals surface area contributed by atoms with E-state index in [4.69, 9.17) is 13.9 Å². The van der Waals surface area contributed by atoms with Gasteiger partial charge >= 0.3 is 0 Å². The second kappa shape index (κ2) is 8.11. The Bertz CT molecular complexity index is 1230. The maximum Gasteiger partial charge on any atom is 0.277 e. The first kappa shape index (κ1) is 21.3. The van der Waals surface area contributed by atoms with Gasteiger partial charge in [0.1, 0.15) is 12.1 Å². The van der Waals surface area contributed by atoms with Gasteiger partial charge in [0.25, 0.3) is 11.1 Å². The Morgan fingerprint density at radius 3 is 2.70 bits per heavy atom. The summed E-state index contributed by atoms with van der Waals surface area (Å²) in [5.74, 6) is 1.05. The molecule has 33 heavy (non-hydrogen) atoms. The summed E-state index contributed by atoms with van der Waals surface area (Å²) in [6, 6.07) is 14.6. The molecular weight excluding hydrogens is 444 g/mol. The normalized spacial score (nSPS) is 19.4. The number of anilines is 2. The molecule has 2 aliphatic heterocycles. The van der Waals surface area contributed by atoms with E-state index < -0.39 is 16.9 Å². The standard InChI is InChI=1S/C23H22N4O5S/c1-13(20(28)27-15-9-5-4-8-14(15)24-21(29)23(27,2)3)33-22-26-25-19(32-22)18-12-30-16-10-6-7-11-17(16)31-18/h4-11,13,18H,12H2,1-3H3,(H,24,29)/t13-,18-/m0/s1. The summed E-state index contributed by atoms with van der Waals surface area (Å²) in [6.45, 7) is 5.43. The molecule has 0 unspecified atom stereocenters. The van der Waals surface area contributed by atoms with E-state index in [1.54, 1.807) is 26.8 Å². The third-order valence-corrected chi connectivity index (χ3v) is 6.48. The van der Waals surface area contributed by atoms with Crippen LogP contribution in [0, 0.1) is 0 Å². The molecule has 1 aromatic heterocycles. The number of aromatic nitrogens is 2. The number of benzene rings is 2. The quantitative estimate of drug-likeness (QED) is 0.578. The minimum Gasteiger partial charge on any atom is -0.485 e. The molecular formula is C23H22N4O5S. The predicted molar refractivity (Wildman–Crippen MR) is 122 cm³/mol. The van der Waals surface area contributed by atoms with Gasteiger partial charge in [0.15, 0.2) is 11.5 Å².